The molecule has 1 fully saturated rings. The molecule has 0 radical (unpaired) electrons. The number of nitrogens with one attached hydrogen (secondary N) is 2. The van der Waals surface area contributed by atoms with Gasteiger partial charge in [0.05, 0.1) is 26.4 Å². The summed E-state index contributed by atoms with van der Waals surface area (Å²) in [6.07, 6.45) is 4.51. The van der Waals surface area contributed by atoms with Gasteiger partial charge in [0, 0.05) is 32.2 Å². The van der Waals surface area contributed by atoms with E-state index < -0.39 is 0 Å². The number of aromatic nitrogens is 3. The van der Waals surface area contributed by atoms with Crippen molar-refractivity contribution in [3.63, 3.8) is 0 Å². The molecule has 9 nitrogen and oxygen atoms in total. The van der Waals surface area contributed by atoms with Crippen molar-refractivity contribution in [2.45, 2.75) is 45.2 Å². The third-order valence-corrected chi connectivity index (χ3v) is 4.98. The van der Waals surface area contributed by atoms with E-state index in [9.17, 15) is 0 Å². The number of unbranched alkanes of at least 4 members (excludes halogenated alkanes) is 1. The smallest absolute Gasteiger partial charge is 0.232 e. The monoisotopic (exact) mass is 443 g/mol. The lowest BCUT2D eigenvalue weighted by Gasteiger charge is -2.23. The summed E-state index contributed by atoms with van der Waals surface area (Å²) in [6, 6.07) is 10.9. The zero-order chi connectivity index (χ0) is 22.4. The first-order valence-corrected chi connectivity index (χ1v) is 11.7. The molecule has 0 bridgehead atoms. The van der Waals surface area contributed by atoms with Crippen molar-refractivity contribution in [3.05, 3.63) is 35.9 Å². The van der Waals surface area contributed by atoms with Gasteiger partial charge in [-0.15, -0.1) is 0 Å². The van der Waals surface area contributed by atoms with Crippen LogP contribution in [0.4, 0.5) is 17.8 Å². The topological polar surface area (TPSA) is 110 Å². The van der Waals surface area contributed by atoms with Crippen LogP contribution in [0.25, 0.3) is 0 Å². The maximum absolute atomic E-state index is 5.59. The lowest BCUT2D eigenvalue weighted by Crippen LogP contribution is -2.27. The summed E-state index contributed by atoms with van der Waals surface area (Å²) in [5.74, 6) is 1.89. The van der Waals surface area contributed by atoms with Gasteiger partial charge >= 0.3 is 0 Å². The summed E-state index contributed by atoms with van der Waals surface area (Å²) in [6.45, 7) is 7.18. The number of hydrogen-bond acceptors (Lipinski definition) is 9. The van der Waals surface area contributed by atoms with Gasteiger partial charge < -0.3 is 30.7 Å². The number of hydrogen-bond donors (Lipinski definition) is 3. The second-order valence-corrected chi connectivity index (χ2v) is 7.90. The van der Waals surface area contributed by atoms with Gasteiger partial charge in [-0.25, -0.2) is 0 Å². The standard InChI is InChI=1S/C23H37N7O2/c1-2-3-13-30(18-19-7-5-4-6-8-19)23-28-21(27-22(29-23)26-20-9-10-20)25-12-15-32-17-16-31-14-11-24/h4-8,20H,2-3,9-18,24H2,1H3,(H2,25,26,27,28,29). The Kier molecular flexibility index (Phi) is 10.4. The normalized spacial score (nSPS) is 13.2. The molecule has 9 heteroatoms. The largest absolute Gasteiger partial charge is 0.378 e. The summed E-state index contributed by atoms with van der Waals surface area (Å²) < 4.78 is 10.9. The van der Waals surface area contributed by atoms with E-state index in [1.807, 2.05) is 6.07 Å². The summed E-state index contributed by atoms with van der Waals surface area (Å²) in [7, 11) is 0. The average Bonchev–Trinajstić information content (AvgIpc) is 3.63. The molecule has 32 heavy (non-hydrogen) atoms. The van der Waals surface area contributed by atoms with Crippen molar-refractivity contribution in [2.24, 2.45) is 5.73 Å². The molecule has 0 amide bonds. The van der Waals surface area contributed by atoms with Gasteiger partial charge in [0.1, 0.15) is 0 Å². The minimum Gasteiger partial charge on any atom is -0.378 e. The van der Waals surface area contributed by atoms with Crippen molar-refractivity contribution < 1.29 is 9.47 Å². The van der Waals surface area contributed by atoms with E-state index in [0.29, 0.717) is 63.4 Å². The maximum Gasteiger partial charge on any atom is 0.232 e. The molecule has 1 aliphatic rings. The number of nitrogens with zero attached hydrogens (tertiary/aromatic N) is 4. The van der Waals surface area contributed by atoms with E-state index in [0.717, 1.165) is 38.8 Å². The van der Waals surface area contributed by atoms with E-state index in [2.05, 4.69) is 51.7 Å². The van der Waals surface area contributed by atoms with E-state index in [-0.39, 0.29) is 0 Å². The molecular weight excluding hydrogens is 406 g/mol. The molecule has 4 N–H and O–H groups in total. The second kappa shape index (κ2) is 13.8. The highest BCUT2D eigenvalue weighted by molar-refractivity contribution is 5.45. The van der Waals surface area contributed by atoms with Crippen molar-refractivity contribution in [1.29, 1.82) is 0 Å². The Hall–Kier alpha value is -2.49. The van der Waals surface area contributed by atoms with Crippen LogP contribution in [0.3, 0.4) is 0 Å². The fourth-order valence-corrected chi connectivity index (χ4v) is 3.10. The molecule has 1 aromatic heterocycles. The molecule has 1 aromatic carbocycles. The van der Waals surface area contributed by atoms with Crippen LogP contribution in [0.5, 0.6) is 0 Å². The van der Waals surface area contributed by atoms with Gasteiger partial charge in [-0.05, 0) is 24.8 Å². The molecule has 0 spiro atoms. The van der Waals surface area contributed by atoms with Gasteiger partial charge in [-0.2, -0.15) is 15.0 Å². The van der Waals surface area contributed by atoms with Crippen molar-refractivity contribution in [2.75, 3.05) is 61.6 Å². The fourth-order valence-electron chi connectivity index (χ4n) is 3.10. The van der Waals surface area contributed by atoms with Crippen LogP contribution in [-0.4, -0.2) is 67.1 Å². The Morgan fingerprint density at radius 1 is 1.00 bits per heavy atom. The molecule has 0 atom stereocenters. The van der Waals surface area contributed by atoms with Crippen LogP contribution in [0, 0.1) is 0 Å². The van der Waals surface area contributed by atoms with Crippen LogP contribution in [0.1, 0.15) is 38.2 Å². The average molecular weight is 444 g/mol. The highest BCUT2D eigenvalue weighted by atomic mass is 16.5. The Balaban J connectivity index is 1.63. The summed E-state index contributed by atoms with van der Waals surface area (Å²) in [5.41, 5.74) is 6.64. The summed E-state index contributed by atoms with van der Waals surface area (Å²) in [4.78, 5) is 16.3. The Labute approximate surface area is 191 Å². The number of nitrogens with two attached hydrogens (primary N) is 1. The molecule has 2 aromatic rings. The number of benzene rings is 1. The fraction of sp³-hybridized carbons (Fsp3) is 0.609. The second-order valence-electron chi connectivity index (χ2n) is 7.90. The van der Waals surface area contributed by atoms with Crippen LogP contribution in [0.2, 0.25) is 0 Å². The van der Waals surface area contributed by atoms with Crippen LogP contribution in [0.15, 0.2) is 30.3 Å². The van der Waals surface area contributed by atoms with Gasteiger partial charge in [0.25, 0.3) is 0 Å². The first-order chi connectivity index (χ1) is 15.8. The van der Waals surface area contributed by atoms with Gasteiger partial charge in [-0.1, -0.05) is 43.7 Å². The number of ether oxygens (including phenoxy) is 2. The quantitative estimate of drug-likeness (QED) is 0.318. The molecule has 1 saturated carbocycles. The van der Waals surface area contributed by atoms with Gasteiger partial charge in [-0.3, -0.25) is 0 Å². The number of anilines is 3. The van der Waals surface area contributed by atoms with Gasteiger partial charge in [0.15, 0.2) is 0 Å². The Morgan fingerprint density at radius 2 is 1.75 bits per heavy atom. The SMILES string of the molecule is CCCCN(Cc1ccccc1)c1nc(NCCOCCOCCN)nc(NC2CC2)n1. The molecular formula is C23H37N7O2. The lowest BCUT2D eigenvalue weighted by molar-refractivity contribution is 0.0547. The molecule has 1 heterocycles. The molecule has 0 saturated heterocycles. The predicted molar refractivity (Wildman–Crippen MR) is 128 cm³/mol. The lowest BCUT2D eigenvalue weighted by atomic mass is 10.2. The van der Waals surface area contributed by atoms with Crippen molar-refractivity contribution in [3.8, 4) is 0 Å². The predicted octanol–water partition coefficient (Wildman–Crippen LogP) is 2.66. The molecule has 1 aliphatic carbocycles. The Morgan fingerprint density at radius 3 is 2.47 bits per heavy atom. The summed E-state index contributed by atoms with van der Waals surface area (Å²) >= 11 is 0. The third-order valence-electron chi connectivity index (χ3n) is 4.98. The summed E-state index contributed by atoms with van der Waals surface area (Å²) in [5, 5.41) is 6.70. The van der Waals surface area contributed by atoms with Gasteiger partial charge in [0.2, 0.25) is 17.8 Å². The van der Waals surface area contributed by atoms with Crippen LogP contribution < -0.4 is 21.3 Å². The molecule has 0 unspecified atom stereocenters. The molecule has 3 rings (SSSR count). The highest BCUT2D eigenvalue weighted by Gasteiger charge is 2.23. The number of rotatable bonds is 17. The van der Waals surface area contributed by atoms with Crippen molar-refractivity contribution in [1.82, 2.24) is 15.0 Å². The maximum atomic E-state index is 5.59. The van der Waals surface area contributed by atoms with E-state index in [1.165, 1.54) is 5.56 Å². The first-order valence-electron chi connectivity index (χ1n) is 11.7. The molecule has 176 valence electrons. The molecule has 0 aliphatic heterocycles. The highest BCUT2D eigenvalue weighted by Crippen LogP contribution is 2.24. The minimum absolute atomic E-state index is 0.466. The van der Waals surface area contributed by atoms with Crippen LogP contribution >= 0.6 is 0 Å². The Bertz CT molecular complexity index is 774. The zero-order valence-corrected chi connectivity index (χ0v) is 19.1. The first kappa shape index (κ1) is 24.2. The van der Waals surface area contributed by atoms with E-state index >= 15 is 0 Å². The van der Waals surface area contributed by atoms with Crippen molar-refractivity contribution >= 4 is 17.8 Å². The van der Waals surface area contributed by atoms with Crippen LogP contribution in [-0.2, 0) is 16.0 Å². The minimum atomic E-state index is 0.466. The van der Waals surface area contributed by atoms with E-state index in [1.54, 1.807) is 0 Å². The third kappa shape index (κ3) is 8.94. The zero-order valence-electron chi connectivity index (χ0n) is 19.1. The van der Waals surface area contributed by atoms with E-state index in [4.69, 9.17) is 25.2 Å².